The molecule has 0 aliphatic rings. The van der Waals surface area contributed by atoms with Crippen LogP contribution in [0.4, 0.5) is 4.39 Å². The van der Waals surface area contributed by atoms with Gasteiger partial charge in [0.15, 0.2) is 16.3 Å². The maximum absolute atomic E-state index is 13.3. The van der Waals surface area contributed by atoms with Gasteiger partial charge in [0.05, 0.1) is 5.69 Å². The lowest BCUT2D eigenvalue weighted by Gasteiger charge is -2.04. The molecule has 17 heavy (non-hydrogen) atoms. The van der Waals surface area contributed by atoms with E-state index in [4.69, 9.17) is 4.74 Å². The Morgan fingerprint density at radius 3 is 2.82 bits per heavy atom. The number of ether oxygens (including phenoxy) is 1. The van der Waals surface area contributed by atoms with Crippen LogP contribution in [0.5, 0.6) is 5.75 Å². The number of hydrogen-bond donors (Lipinski definition) is 0. The summed E-state index contributed by atoms with van der Waals surface area (Å²) in [6, 6.07) is 6.33. The Hall–Kier alpha value is -1.36. The third-order valence-corrected chi connectivity index (χ3v) is 2.96. The predicted molar refractivity (Wildman–Crippen MR) is 66.3 cm³/mol. The lowest BCUT2D eigenvalue weighted by molar-refractivity contribution is 0.286. The second-order valence-electron chi connectivity index (χ2n) is 3.51. The number of hydrogen-bond acceptors (Lipinski definition) is 2. The van der Waals surface area contributed by atoms with Gasteiger partial charge in [-0.15, -0.1) is 0 Å². The summed E-state index contributed by atoms with van der Waals surface area (Å²) < 4.78 is 21.3. The lowest BCUT2D eigenvalue weighted by Crippen LogP contribution is -1.97. The molecule has 0 saturated carbocycles. The second kappa shape index (κ2) is 5.31. The molecule has 0 amide bonds. The maximum Gasteiger partial charge on any atom is 0.177 e. The number of imidazole rings is 1. The molecule has 0 unspecified atom stereocenters. The smallest absolute Gasteiger partial charge is 0.177 e. The zero-order valence-electron chi connectivity index (χ0n) is 9.36. The van der Waals surface area contributed by atoms with Gasteiger partial charge in [0.25, 0.3) is 0 Å². The quantitative estimate of drug-likeness (QED) is 0.865. The lowest BCUT2D eigenvalue weighted by atomic mass is 10.3. The van der Waals surface area contributed by atoms with Crippen LogP contribution in [-0.2, 0) is 13.2 Å². The molecule has 2 rings (SSSR count). The highest BCUT2D eigenvalue weighted by Crippen LogP contribution is 2.17. The molecule has 0 saturated heterocycles. The van der Waals surface area contributed by atoms with Crippen LogP contribution in [0, 0.1) is 5.82 Å². The van der Waals surface area contributed by atoms with Gasteiger partial charge in [-0.25, -0.2) is 9.37 Å². The first-order valence-corrected chi connectivity index (χ1v) is 6.09. The molecule has 0 atom stereocenters. The van der Waals surface area contributed by atoms with E-state index in [2.05, 4.69) is 20.9 Å². The van der Waals surface area contributed by atoms with Crippen molar-refractivity contribution in [3.63, 3.8) is 0 Å². The van der Waals surface area contributed by atoms with Gasteiger partial charge in [-0.3, -0.25) is 0 Å². The number of rotatable bonds is 4. The average Bonchev–Trinajstić information content (AvgIpc) is 2.69. The van der Waals surface area contributed by atoms with Gasteiger partial charge in [-0.1, -0.05) is 12.1 Å². The predicted octanol–water partition coefficient (Wildman–Crippen LogP) is 3.38. The Kier molecular flexibility index (Phi) is 3.78. The molecule has 0 bridgehead atoms. The Bertz CT molecular complexity index is 513. The van der Waals surface area contributed by atoms with Crippen LogP contribution in [0.15, 0.2) is 35.2 Å². The Morgan fingerprint density at radius 1 is 1.41 bits per heavy atom. The van der Waals surface area contributed by atoms with Crippen LogP contribution < -0.4 is 4.74 Å². The van der Waals surface area contributed by atoms with E-state index >= 15 is 0 Å². The van der Waals surface area contributed by atoms with Crippen molar-refractivity contribution in [2.45, 2.75) is 20.1 Å². The fourth-order valence-electron chi connectivity index (χ4n) is 1.45. The summed E-state index contributed by atoms with van der Waals surface area (Å²) in [6.45, 7) is 3.10. The van der Waals surface area contributed by atoms with Gasteiger partial charge >= 0.3 is 0 Å². The number of halogens is 2. The largest absolute Gasteiger partial charge is 0.484 e. The van der Waals surface area contributed by atoms with E-state index in [1.165, 1.54) is 6.07 Å². The minimum Gasteiger partial charge on any atom is -0.484 e. The minimum atomic E-state index is -0.360. The topological polar surface area (TPSA) is 27.1 Å². The van der Waals surface area contributed by atoms with Gasteiger partial charge < -0.3 is 9.30 Å². The monoisotopic (exact) mass is 298 g/mol. The van der Waals surface area contributed by atoms with Gasteiger partial charge in [-0.05, 0) is 35.0 Å². The van der Waals surface area contributed by atoms with E-state index in [-0.39, 0.29) is 18.2 Å². The summed E-state index contributed by atoms with van der Waals surface area (Å²) in [6.07, 6.45) is 1.88. The van der Waals surface area contributed by atoms with E-state index in [1.807, 2.05) is 17.7 Å². The number of aromatic nitrogens is 2. The van der Waals surface area contributed by atoms with E-state index in [1.54, 1.807) is 18.2 Å². The highest BCUT2D eigenvalue weighted by atomic mass is 79.9. The molecule has 0 aliphatic carbocycles. The van der Waals surface area contributed by atoms with Crippen molar-refractivity contribution in [3.05, 3.63) is 46.7 Å². The van der Waals surface area contributed by atoms with Crippen molar-refractivity contribution < 1.29 is 9.13 Å². The minimum absolute atomic E-state index is 0.245. The Labute approximate surface area is 107 Å². The third-order valence-electron chi connectivity index (χ3n) is 2.33. The van der Waals surface area contributed by atoms with Crippen LogP contribution in [-0.4, -0.2) is 9.55 Å². The molecule has 1 heterocycles. The van der Waals surface area contributed by atoms with Crippen LogP contribution >= 0.6 is 15.9 Å². The molecule has 2 aromatic rings. The summed E-state index contributed by atoms with van der Waals surface area (Å²) in [5.41, 5.74) is 0.766. The average molecular weight is 299 g/mol. The number of benzene rings is 1. The highest BCUT2D eigenvalue weighted by molar-refractivity contribution is 9.10. The molecular formula is C12H12BrFN2O. The van der Waals surface area contributed by atoms with Crippen molar-refractivity contribution in [1.29, 1.82) is 0 Å². The second-order valence-corrected chi connectivity index (χ2v) is 4.22. The molecule has 1 aromatic carbocycles. The SMILES string of the molecule is CCn1cc(COc2ccccc2F)nc1Br. The molecule has 5 heteroatoms. The maximum atomic E-state index is 13.3. The van der Waals surface area contributed by atoms with Gasteiger partial charge in [0.2, 0.25) is 0 Å². The highest BCUT2D eigenvalue weighted by Gasteiger charge is 2.06. The number of nitrogens with zero attached hydrogens (tertiary/aromatic N) is 2. The summed E-state index contributed by atoms with van der Waals surface area (Å²) in [5.74, 6) is -0.115. The fourth-order valence-corrected chi connectivity index (χ4v) is 2.03. The van der Waals surface area contributed by atoms with Crippen LogP contribution in [0.2, 0.25) is 0 Å². The number of para-hydroxylation sites is 1. The third kappa shape index (κ3) is 2.85. The van der Waals surface area contributed by atoms with Gasteiger partial charge in [-0.2, -0.15) is 0 Å². The standard InChI is InChI=1S/C12H12BrFN2O/c1-2-16-7-9(15-12(16)13)8-17-11-6-4-3-5-10(11)14/h3-7H,2,8H2,1H3. The Morgan fingerprint density at radius 2 is 2.18 bits per heavy atom. The molecule has 3 nitrogen and oxygen atoms in total. The van der Waals surface area contributed by atoms with Crippen molar-refractivity contribution in [1.82, 2.24) is 9.55 Å². The summed E-state index contributed by atoms with van der Waals surface area (Å²) in [5, 5.41) is 0. The molecule has 0 aliphatic heterocycles. The molecule has 1 aromatic heterocycles. The zero-order valence-corrected chi connectivity index (χ0v) is 10.9. The first kappa shape index (κ1) is 12.1. The van der Waals surface area contributed by atoms with Crippen molar-refractivity contribution in [3.8, 4) is 5.75 Å². The van der Waals surface area contributed by atoms with E-state index in [9.17, 15) is 4.39 Å². The van der Waals surface area contributed by atoms with E-state index in [0.717, 1.165) is 17.0 Å². The molecule has 0 fully saturated rings. The fraction of sp³-hybridized carbons (Fsp3) is 0.250. The summed E-state index contributed by atoms with van der Waals surface area (Å²) >= 11 is 3.34. The van der Waals surface area contributed by atoms with Crippen LogP contribution in [0.3, 0.4) is 0 Å². The number of aryl methyl sites for hydroxylation is 1. The van der Waals surface area contributed by atoms with Crippen molar-refractivity contribution >= 4 is 15.9 Å². The first-order valence-electron chi connectivity index (χ1n) is 5.29. The summed E-state index contributed by atoms with van der Waals surface area (Å²) in [4.78, 5) is 4.26. The van der Waals surface area contributed by atoms with Crippen molar-refractivity contribution in [2.24, 2.45) is 0 Å². The van der Waals surface area contributed by atoms with E-state index < -0.39 is 0 Å². The summed E-state index contributed by atoms with van der Waals surface area (Å²) in [7, 11) is 0. The first-order chi connectivity index (χ1) is 8.20. The normalized spacial score (nSPS) is 10.5. The van der Waals surface area contributed by atoms with Crippen molar-refractivity contribution in [2.75, 3.05) is 0 Å². The Balaban J connectivity index is 2.05. The van der Waals surface area contributed by atoms with Crippen LogP contribution in [0.1, 0.15) is 12.6 Å². The van der Waals surface area contributed by atoms with Crippen LogP contribution in [0.25, 0.3) is 0 Å². The molecule has 0 N–H and O–H groups in total. The molecule has 90 valence electrons. The van der Waals surface area contributed by atoms with Gasteiger partial charge in [0, 0.05) is 12.7 Å². The zero-order chi connectivity index (χ0) is 12.3. The molecular weight excluding hydrogens is 287 g/mol. The van der Waals surface area contributed by atoms with Gasteiger partial charge in [0.1, 0.15) is 6.61 Å². The molecule has 0 radical (unpaired) electrons. The van der Waals surface area contributed by atoms with E-state index in [0.29, 0.717) is 0 Å². The molecule has 0 spiro atoms.